The van der Waals surface area contributed by atoms with Gasteiger partial charge in [-0.3, -0.25) is 15.0 Å². The molecule has 2 rings (SSSR count). The summed E-state index contributed by atoms with van der Waals surface area (Å²) in [6.07, 6.45) is 2.14. The molecule has 22 heavy (non-hydrogen) atoms. The Bertz CT molecular complexity index is 652. The average Bonchev–Trinajstić information content (AvgIpc) is 2.47. The van der Waals surface area contributed by atoms with E-state index in [1.165, 1.54) is 6.07 Å². The minimum atomic E-state index is -3.45. The molecule has 7 nitrogen and oxygen atoms in total. The van der Waals surface area contributed by atoms with E-state index >= 15 is 0 Å². The van der Waals surface area contributed by atoms with E-state index in [9.17, 15) is 18.5 Å². The molecule has 1 aliphatic rings. The molecule has 0 atom stereocenters. The molecule has 8 heteroatoms. The number of nitro benzene ring substituents is 1. The van der Waals surface area contributed by atoms with Gasteiger partial charge in [0.15, 0.2) is 9.84 Å². The van der Waals surface area contributed by atoms with Crippen molar-refractivity contribution in [3.8, 4) is 0 Å². The quantitative estimate of drug-likeness (QED) is 0.602. The molecule has 1 fully saturated rings. The molecule has 0 saturated carbocycles. The minimum absolute atomic E-state index is 0.0208. The van der Waals surface area contributed by atoms with Crippen LogP contribution in [0.4, 0.5) is 11.4 Å². The molecule has 0 radical (unpaired) electrons. The lowest BCUT2D eigenvalue weighted by atomic mass is 10.2. The number of nitrogens with zero attached hydrogens (tertiary/aromatic N) is 3. The highest BCUT2D eigenvalue weighted by molar-refractivity contribution is 7.90. The lowest BCUT2D eigenvalue weighted by molar-refractivity contribution is -0.384. The van der Waals surface area contributed by atoms with Crippen molar-refractivity contribution in [2.24, 2.45) is 0 Å². The Hall–Kier alpha value is -1.67. The SMILES string of the molecule is CCCN1CCN(c2ccc(S(C)(=O)=O)cc2[N+](=O)[O-])CC1. The molecule has 1 saturated heterocycles. The molecule has 0 aliphatic carbocycles. The van der Waals surface area contributed by atoms with E-state index in [1.54, 1.807) is 6.07 Å². The fourth-order valence-corrected chi connectivity index (χ4v) is 3.32. The summed E-state index contributed by atoms with van der Waals surface area (Å²) in [4.78, 5) is 15.0. The zero-order valence-electron chi connectivity index (χ0n) is 12.9. The lowest BCUT2D eigenvalue weighted by Crippen LogP contribution is -2.46. The summed E-state index contributed by atoms with van der Waals surface area (Å²) in [6, 6.07) is 4.14. The van der Waals surface area contributed by atoms with Crippen LogP contribution in [0.2, 0.25) is 0 Å². The molecule has 0 bridgehead atoms. The fraction of sp³-hybridized carbons (Fsp3) is 0.571. The third-order valence-electron chi connectivity index (χ3n) is 3.82. The van der Waals surface area contributed by atoms with E-state index in [4.69, 9.17) is 0 Å². The number of rotatable bonds is 5. The highest BCUT2D eigenvalue weighted by atomic mass is 32.2. The standard InChI is InChI=1S/C14H21N3O4S/c1-3-6-15-7-9-16(10-8-15)13-5-4-12(22(2,20)21)11-14(13)17(18)19/h4-5,11H,3,6-10H2,1-2H3. The number of hydrogen-bond acceptors (Lipinski definition) is 6. The molecular weight excluding hydrogens is 306 g/mol. The molecule has 1 aromatic carbocycles. The summed E-state index contributed by atoms with van der Waals surface area (Å²) in [5.74, 6) is 0. The van der Waals surface area contributed by atoms with Gasteiger partial charge in [0.2, 0.25) is 0 Å². The van der Waals surface area contributed by atoms with Gasteiger partial charge in [0.05, 0.1) is 9.82 Å². The number of anilines is 1. The molecule has 0 amide bonds. The fourth-order valence-electron chi connectivity index (χ4n) is 2.68. The van der Waals surface area contributed by atoms with Crippen molar-refractivity contribution in [3.63, 3.8) is 0 Å². The maximum absolute atomic E-state index is 11.6. The monoisotopic (exact) mass is 327 g/mol. The number of nitro groups is 1. The van der Waals surface area contributed by atoms with Crippen LogP contribution in [-0.2, 0) is 9.84 Å². The van der Waals surface area contributed by atoms with Crippen molar-refractivity contribution in [2.75, 3.05) is 43.9 Å². The Morgan fingerprint density at radius 2 is 1.86 bits per heavy atom. The van der Waals surface area contributed by atoms with Crippen molar-refractivity contribution in [3.05, 3.63) is 28.3 Å². The lowest BCUT2D eigenvalue weighted by Gasteiger charge is -2.35. The van der Waals surface area contributed by atoms with Gasteiger partial charge in [-0.05, 0) is 25.1 Å². The first-order valence-electron chi connectivity index (χ1n) is 7.28. The van der Waals surface area contributed by atoms with Gasteiger partial charge in [0, 0.05) is 38.5 Å². The number of benzene rings is 1. The first-order chi connectivity index (χ1) is 10.3. The van der Waals surface area contributed by atoms with Crippen LogP contribution in [0.1, 0.15) is 13.3 Å². The Labute approximate surface area is 130 Å². The third kappa shape index (κ3) is 3.75. The van der Waals surface area contributed by atoms with E-state index in [-0.39, 0.29) is 10.6 Å². The van der Waals surface area contributed by atoms with Gasteiger partial charge in [-0.15, -0.1) is 0 Å². The van der Waals surface area contributed by atoms with Gasteiger partial charge in [0.25, 0.3) is 5.69 Å². The van der Waals surface area contributed by atoms with Gasteiger partial charge >= 0.3 is 0 Å². The van der Waals surface area contributed by atoms with E-state index in [0.717, 1.165) is 38.4 Å². The highest BCUT2D eigenvalue weighted by Gasteiger charge is 2.25. The van der Waals surface area contributed by atoms with E-state index < -0.39 is 14.8 Å². The second-order valence-electron chi connectivity index (χ2n) is 5.51. The summed E-state index contributed by atoms with van der Waals surface area (Å²) in [6.45, 7) is 6.29. The van der Waals surface area contributed by atoms with E-state index in [2.05, 4.69) is 11.8 Å². The molecule has 1 aliphatic heterocycles. The van der Waals surface area contributed by atoms with Crippen LogP contribution < -0.4 is 4.90 Å². The summed E-state index contributed by atoms with van der Waals surface area (Å²) in [5.41, 5.74) is 0.348. The van der Waals surface area contributed by atoms with E-state index in [0.29, 0.717) is 18.8 Å². The second-order valence-corrected chi connectivity index (χ2v) is 7.52. The van der Waals surface area contributed by atoms with Gasteiger partial charge in [0.1, 0.15) is 5.69 Å². The molecule has 1 aromatic rings. The maximum Gasteiger partial charge on any atom is 0.293 e. The number of hydrogen-bond donors (Lipinski definition) is 0. The normalized spacial score (nSPS) is 16.7. The predicted molar refractivity (Wildman–Crippen MR) is 85.2 cm³/mol. The Morgan fingerprint density at radius 3 is 2.36 bits per heavy atom. The zero-order chi connectivity index (χ0) is 16.3. The van der Waals surface area contributed by atoms with Gasteiger partial charge in [-0.1, -0.05) is 6.92 Å². The first-order valence-corrected chi connectivity index (χ1v) is 9.18. The average molecular weight is 327 g/mol. The molecule has 0 spiro atoms. The topological polar surface area (TPSA) is 83.8 Å². The molecule has 0 unspecified atom stereocenters. The molecule has 122 valence electrons. The second kappa shape index (κ2) is 6.62. The summed E-state index contributed by atoms with van der Waals surface area (Å²) < 4.78 is 23.1. The van der Waals surface area contributed by atoms with Crippen LogP contribution in [0, 0.1) is 10.1 Å². The molecule has 0 aromatic heterocycles. The maximum atomic E-state index is 11.6. The van der Waals surface area contributed by atoms with Gasteiger partial charge in [-0.25, -0.2) is 8.42 Å². The van der Waals surface area contributed by atoms with Gasteiger partial charge in [-0.2, -0.15) is 0 Å². The molecule has 1 heterocycles. The van der Waals surface area contributed by atoms with Crippen LogP contribution in [0.5, 0.6) is 0 Å². The zero-order valence-corrected chi connectivity index (χ0v) is 13.7. The molecule has 0 N–H and O–H groups in total. The number of piperazine rings is 1. The van der Waals surface area contributed by atoms with Crippen LogP contribution in [0.3, 0.4) is 0 Å². The summed E-state index contributed by atoms with van der Waals surface area (Å²) in [5, 5.41) is 11.3. The van der Waals surface area contributed by atoms with Crippen molar-refractivity contribution < 1.29 is 13.3 Å². The van der Waals surface area contributed by atoms with Crippen molar-refractivity contribution >= 4 is 21.2 Å². The smallest absolute Gasteiger partial charge is 0.293 e. The van der Waals surface area contributed by atoms with Crippen LogP contribution in [-0.4, -0.2) is 57.2 Å². The summed E-state index contributed by atoms with van der Waals surface area (Å²) in [7, 11) is -3.45. The van der Waals surface area contributed by atoms with E-state index in [1.807, 2.05) is 4.90 Å². The predicted octanol–water partition coefficient (Wildman–Crippen LogP) is 1.53. The minimum Gasteiger partial charge on any atom is -0.363 e. The van der Waals surface area contributed by atoms with Crippen molar-refractivity contribution in [2.45, 2.75) is 18.2 Å². The Morgan fingerprint density at radius 1 is 1.23 bits per heavy atom. The Kier molecular flexibility index (Phi) is 5.02. The van der Waals surface area contributed by atoms with Crippen molar-refractivity contribution in [1.82, 2.24) is 4.90 Å². The Balaban J connectivity index is 2.26. The van der Waals surface area contributed by atoms with Gasteiger partial charge < -0.3 is 4.90 Å². The number of sulfone groups is 1. The highest BCUT2D eigenvalue weighted by Crippen LogP contribution is 2.31. The summed E-state index contributed by atoms with van der Waals surface area (Å²) >= 11 is 0. The van der Waals surface area contributed by atoms with Crippen LogP contribution in [0.25, 0.3) is 0 Å². The van der Waals surface area contributed by atoms with Crippen molar-refractivity contribution in [1.29, 1.82) is 0 Å². The first kappa shape index (κ1) is 16.7. The third-order valence-corrected chi connectivity index (χ3v) is 4.93. The van der Waals surface area contributed by atoms with Crippen LogP contribution >= 0.6 is 0 Å². The largest absolute Gasteiger partial charge is 0.363 e. The molecular formula is C14H21N3O4S. The van der Waals surface area contributed by atoms with Crippen LogP contribution in [0.15, 0.2) is 23.1 Å².